The third-order valence-corrected chi connectivity index (χ3v) is 4.81. The first-order valence-electron chi connectivity index (χ1n) is 9.68. The van der Waals surface area contributed by atoms with Crippen LogP contribution in [0.2, 0.25) is 0 Å². The maximum Gasteiger partial charge on any atom is 0.184 e. The van der Waals surface area contributed by atoms with E-state index in [0.717, 1.165) is 23.0 Å². The van der Waals surface area contributed by atoms with Crippen LogP contribution >= 0.6 is 0 Å². The zero-order valence-corrected chi connectivity index (χ0v) is 15.5. The van der Waals surface area contributed by atoms with Crippen molar-refractivity contribution in [1.29, 1.82) is 0 Å². The molecule has 0 saturated heterocycles. The zero-order chi connectivity index (χ0) is 18.2. The largest absolute Gasteiger partial charge is 0.292 e. The molecule has 0 unspecified atom stereocenters. The molecule has 0 atom stereocenters. The predicted octanol–water partition coefficient (Wildman–Crippen LogP) is 5.22. The molecule has 1 heterocycles. The van der Waals surface area contributed by atoms with Crippen LogP contribution in [0.3, 0.4) is 0 Å². The number of nitrogens with zero attached hydrogens (tertiary/aromatic N) is 3. The van der Waals surface area contributed by atoms with Gasteiger partial charge in [0.2, 0.25) is 0 Å². The van der Waals surface area contributed by atoms with Crippen LogP contribution in [0.15, 0.2) is 48.5 Å². The second-order valence-electron chi connectivity index (χ2n) is 6.87. The molecule has 26 heavy (non-hydrogen) atoms. The number of rotatable bonds is 10. The van der Waals surface area contributed by atoms with Gasteiger partial charge >= 0.3 is 0 Å². The average molecular weight is 349 g/mol. The summed E-state index contributed by atoms with van der Waals surface area (Å²) < 4.78 is 1.67. The van der Waals surface area contributed by atoms with Crippen molar-refractivity contribution in [3.63, 3.8) is 0 Å². The number of hydrogen-bond donors (Lipinski definition) is 0. The Kier molecular flexibility index (Phi) is 6.53. The normalized spacial score (nSPS) is 11.1. The lowest BCUT2D eigenvalue weighted by Gasteiger charge is -2.05. The maximum atomic E-state index is 12.5. The maximum absolute atomic E-state index is 12.5. The van der Waals surface area contributed by atoms with Crippen LogP contribution in [0.25, 0.3) is 11.0 Å². The van der Waals surface area contributed by atoms with Gasteiger partial charge in [-0.15, -0.1) is 5.10 Å². The average Bonchev–Trinajstić information content (AvgIpc) is 3.08. The summed E-state index contributed by atoms with van der Waals surface area (Å²) in [6.45, 7) is 2.46. The molecular formula is C22H27N3O. The summed E-state index contributed by atoms with van der Waals surface area (Å²) >= 11 is 0. The van der Waals surface area contributed by atoms with Gasteiger partial charge in [0.05, 0.1) is 5.52 Å². The highest BCUT2D eigenvalue weighted by Crippen LogP contribution is 2.14. The number of para-hydroxylation sites is 1. The van der Waals surface area contributed by atoms with Crippen molar-refractivity contribution < 1.29 is 4.79 Å². The predicted molar refractivity (Wildman–Crippen MR) is 105 cm³/mol. The van der Waals surface area contributed by atoms with E-state index in [1.54, 1.807) is 4.68 Å². The zero-order valence-electron chi connectivity index (χ0n) is 15.5. The first-order chi connectivity index (χ1) is 12.8. The van der Waals surface area contributed by atoms with Crippen LogP contribution < -0.4 is 0 Å². The Hall–Kier alpha value is -2.49. The fourth-order valence-corrected chi connectivity index (χ4v) is 3.23. The van der Waals surface area contributed by atoms with Gasteiger partial charge in [0.25, 0.3) is 0 Å². The topological polar surface area (TPSA) is 47.8 Å². The lowest BCUT2D eigenvalue weighted by molar-refractivity contribution is 0.0968. The van der Waals surface area contributed by atoms with E-state index >= 15 is 0 Å². The number of fused-ring (bicyclic) bond motifs is 1. The molecule has 0 fully saturated rings. The van der Waals surface area contributed by atoms with Crippen molar-refractivity contribution in [2.45, 2.75) is 58.4 Å². The summed E-state index contributed by atoms with van der Waals surface area (Å²) in [5.41, 5.74) is 3.75. The van der Waals surface area contributed by atoms with Crippen molar-refractivity contribution >= 4 is 16.8 Å². The number of unbranched alkanes of at least 4 members (excludes halogenated alkanes) is 5. The summed E-state index contributed by atoms with van der Waals surface area (Å²) in [4.78, 5) is 12.5. The third-order valence-electron chi connectivity index (χ3n) is 4.81. The van der Waals surface area contributed by atoms with Crippen LogP contribution in [-0.4, -0.2) is 20.8 Å². The summed E-state index contributed by atoms with van der Waals surface area (Å²) in [7, 11) is 0. The van der Waals surface area contributed by atoms with Crippen LogP contribution in [0.1, 0.15) is 61.4 Å². The molecule has 3 rings (SSSR count). The van der Waals surface area contributed by atoms with Crippen molar-refractivity contribution in [3.05, 3.63) is 59.7 Å². The molecule has 0 saturated carbocycles. The lowest BCUT2D eigenvalue weighted by atomic mass is 10.0. The van der Waals surface area contributed by atoms with Gasteiger partial charge in [-0.2, -0.15) is 0 Å². The highest BCUT2D eigenvalue weighted by atomic mass is 16.1. The summed E-state index contributed by atoms with van der Waals surface area (Å²) in [6.07, 6.45) is 8.92. The highest BCUT2D eigenvalue weighted by molar-refractivity contribution is 5.96. The molecule has 136 valence electrons. The summed E-state index contributed by atoms with van der Waals surface area (Å²) in [6, 6.07) is 15.7. The first-order valence-corrected chi connectivity index (χ1v) is 9.68. The molecule has 0 N–H and O–H groups in total. The fourth-order valence-electron chi connectivity index (χ4n) is 3.23. The van der Waals surface area contributed by atoms with Crippen LogP contribution in [-0.2, 0) is 13.0 Å². The Balaban J connectivity index is 1.52. The second kappa shape index (κ2) is 9.27. The molecule has 1 aromatic heterocycles. The molecule has 0 bridgehead atoms. The summed E-state index contributed by atoms with van der Waals surface area (Å²) in [5, 5.41) is 8.20. The van der Waals surface area contributed by atoms with Gasteiger partial charge < -0.3 is 0 Å². The number of aryl methyl sites for hydroxylation is 1. The van der Waals surface area contributed by atoms with E-state index in [9.17, 15) is 4.79 Å². The van der Waals surface area contributed by atoms with Gasteiger partial charge in [-0.3, -0.25) is 4.79 Å². The third kappa shape index (κ3) is 4.78. The Labute approximate surface area is 155 Å². The molecule has 0 aliphatic heterocycles. The number of carbonyl (C=O) groups excluding carboxylic acids is 1. The van der Waals surface area contributed by atoms with E-state index in [2.05, 4.69) is 29.4 Å². The fraction of sp³-hybridized carbons (Fsp3) is 0.409. The number of ketones is 1. The van der Waals surface area contributed by atoms with Crippen molar-refractivity contribution in [2.75, 3.05) is 0 Å². The second-order valence-corrected chi connectivity index (χ2v) is 6.87. The molecule has 0 aliphatic carbocycles. The van der Waals surface area contributed by atoms with Gasteiger partial charge in [-0.25, -0.2) is 4.68 Å². The van der Waals surface area contributed by atoms with Crippen LogP contribution in [0, 0.1) is 0 Å². The van der Waals surface area contributed by atoms with Crippen LogP contribution in [0.4, 0.5) is 0 Å². The van der Waals surface area contributed by atoms with E-state index in [1.807, 2.05) is 36.4 Å². The molecule has 2 aromatic carbocycles. The minimum absolute atomic E-state index is 0.0618. The Morgan fingerprint density at radius 3 is 2.46 bits per heavy atom. The number of aromatic nitrogens is 3. The number of benzene rings is 2. The van der Waals surface area contributed by atoms with Gasteiger partial charge in [0, 0.05) is 5.56 Å². The monoisotopic (exact) mass is 349 g/mol. The molecule has 0 spiro atoms. The van der Waals surface area contributed by atoms with Gasteiger partial charge in [-0.05, 0) is 30.5 Å². The van der Waals surface area contributed by atoms with Gasteiger partial charge in [-0.1, -0.05) is 80.6 Å². The molecule has 0 aliphatic rings. The van der Waals surface area contributed by atoms with Crippen molar-refractivity contribution in [2.24, 2.45) is 0 Å². The lowest BCUT2D eigenvalue weighted by Crippen LogP contribution is -2.11. The van der Waals surface area contributed by atoms with Crippen LogP contribution in [0.5, 0.6) is 0 Å². The van der Waals surface area contributed by atoms with E-state index in [1.165, 1.54) is 44.1 Å². The standard InChI is InChI=1S/C22H27N3O/c1-2-3-4-5-6-7-10-18-13-15-19(16-14-18)22(26)17-25-21-12-9-8-11-20(21)23-24-25/h8-9,11-16H,2-7,10,17H2,1H3. The highest BCUT2D eigenvalue weighted by Gasteiger charge is 2.10. The Morgan fingerprint density at radius 2 is 1.65 bits per heavy atom. The van der Waals surface area contributed by atoms with E-state index in [-0.39, 0.29) is 12.3 Å². The first kappa shape index (κ1) is 18.3. The number of hydrogen-bond acceptors (Lipinski definition) is 3. The van der Waals surface area contributed by atoms with E-state index in [0.29, 0.717) is 0 Å². The van der Waals surface area contributed by atoms with Crippen molar-refractivity contribution in [3.8, 4) is 0 Å². The van der Waals surface area contributed by atoms with E-state index < -0.39 is 0 Å². The molecule has 4 heteroatoms. The molecule has 0 amide bonds. The van der Waals surface area contributed by atoms with Gasteiger partial charge in [0.1, 0.15) is 12.1 Å². The molecule has 4 nitrogen and oxygen atoms in total. The number of Topliss-reactive ketones (excluding diaryl/α,β-unsaturated/α-hetero) is 1. The van der Waals surface area contributed by atoms with E-state index in [4.69, 9.17) is 0 Å². The summed E-state index contributed by atoms with van der Waals surface area (Å²) in [5.74, 6) is 0.0618. The number of carbonyl (C=O) groups is 1. The quantitative estimate of drug-likeness (QED) is 0.372. The van der Waals surface area contributed by atoms with Crippen molar-refractivity contribution in [1.82, 2.24) is 15.0 Å². The van der Waals surface area contributed by atoms with Gasteiger partial charge in [0.15, 0.2) is 5.78 Å². The Morgan fingerprint density at radius 1 is 0.923 bits per heavy atom. The smallest absolute Gasteiger partial charge is 0.184 e. The minimum Gasteiger partial charge on any atom is -0.292 e. The Bertz CT molecular complexity index is 836. The minimum atomic E-state index is 0.0618. The molecular weight excluding hydrogens is 322 g/mol. The molecule has 0 radical (unpaired) electrons. The molecule has 3 aromatic rings. The SMILES string of the molecule is CCCCCCCCc1ccc(C(=O)Cn2nnc3ccccc32)cc1.